The number of nitrogens with one attached hydrogen (secondary N) is 1. The van der Waals surface area contributed by atoms with Crippen LogP contribution in [0.1, 0.15) is 57.6 Å². The number of para-hydroxylation sites is 1. The normalized spacial score (nSPS) is 25.8. The zero-order chi connectivity index (χ0) is 15.2. The Morgan fingerprint density at radius 1 is 1.14 bits per heavy atom. The van der Waals surface area contributed by atoms with Gasteiger partial charge in [0.25, 0.3) is 0 Å². The minimum atomic E-state index is 0.384. The van der Waals surface area contributed by atoms with E-state index in [1.165, 1.54) is 36.8 Å². The van der Waals surface area contributed by atoms with E-state index >= 15 is 0 Å². The lowest BCUT2D eigenvalue weighted by Gasteiger charge is -2.32. The molecule has 21 heavy (non-hydrogen) atoms. The van der Waals surface area contributed by atoms with Crippen LogP contribution in [0.4, 0.5) is 0 Å². The van der Waals surface area contributed by atoms with Crippen LogP contribution in [0.5, 0.6) is 5.75 Å². The van der Waals surface area contributed by atoms with Gasteiger partial charge >= 0.3 is 0 Å². The molecule has 2 heteroatoms. The summed E-state index contributed by atoms with van der Waals surface area (Å²) < 4.78 is 6.45. The quantitative estimate of drug-likeness (QED) is 0.767. The molecule has 0 bridgehead atoms. The second kappa shape index (κ2) is 7.84. The second-order valence-corrected chi connectivity index (χ2v) is 6.90. The summed E-state index contributed by atoms with van der Waals surface area (Å²) in [5.41, 5.74) is 2.56. The van der Waals surface area contributed by atoms with Crippen molar-refractivity contribution < 1.29 is 4.74 Å². The third-order valence-corrected chi connectivity index (χ3v) is 4.46. The van der Waals surface area contributed by atoms with Gasteiger partial charge in [0.05, 0.1) is 6.10 Å². The van der Waals surface area contributed by atoms with Crippen LogP contribution in [0, 0.1) is 18.8 Å². The highest BCUT2D eigenvalue weighted by atomic mass is 16.5. The van der Waals surface area contributed by atoms with Crippen molar-refractivity contribution in [2.45, 2.75) is 66.0 Å². The van der Waals surface area contributed by atoms with E-state index < -0.39 is 0 Å². The third-order valence-electron chi connectivity index (χ3n) is 4.46. The van der Waals surface area contributed by atoms with Crippen LogP contribution in [0.15, 0.2) is 18.2 Å². The summed E-state index contributed by atoms with van der Waals surface area (Å²) in [5.74, 6) is 2.68. The van der Waals surface area contributed by atoms with Crippen molar-refractivity contribution >= 4 is 0 Å². The van der Waals surface area contributed by atoms with Crippen molar-refractivity contribution in [3.05, 3.63) is 29.3 Å². The molecule has 118 valence electrons. The number of rotatable bonds is 6. The smallest absolute Gasteiger partial charge is 0.127 e. The molecule has 0 heterocycles. The largest absolute Gasteiger partial charge is 0.490 e. The van der Waals surface area contributed by atoms with Crippen LogP contribution in [0.2, 0.25) is 0 Å². The molecule has 1 N–H and O–H groups in total. The van der Waals surface area contributed by atoms with Gasteiger partial charge in [-0.05, 0) is 56.6 Å². The topological polar surface area (TPSA) is 21.3 Å². The molecule has 2 rings (SSSR count). The molecular weight excluding hydrogens is 258 g/mol. The molecule has 1 aromatic rings. The molecule has 2 nitrogen and oxygen atoms in total. The summed E-state index contributed by atoms with van der Waals surface area (Å²) in [5, 5.41) is 3.49. The predicted octanol–water partition coefficient (Wildman–Crippen LogP) is 4.70. The molecule has 1 aliphatic rings. The Morgan fingerprint density at radius 2 is 1.86 bits per heavy atom. The first-order chi connectivity index (χ1) is 10.1. The van der Waals surface area contributed by atoms with Gasteiger partial charge in [0.15, 0.2) is 0 Å². The standard InChI is InChI=1S/C19H31NO/c1-5-9-20-13-17-8-6-7-16(4)19(17)21-18-11-14(2)10-15(3)12-18/h6-8,14-15,18,20H,5,9-13H2,1-4H3. The highest BCUT2D eigenvalue weighted by Crippen LogP contribution is 2.33. The monoisotopic (exact) mass is 289 g/mol. The van der Waals surface area contributed by atoms with Gasteiger partial charge in [0.2, 0.25) is 0 Å². The van der Waals surface area contributed by atoms with Crippen LogP contribution >= 0.6 is 0 Å². The van der Waals surface area contributed by atoms with E-state index in [0.717, 1.165) is 30.7 Å². The van der Waals surface area contributed by atoms with E-state index in [9.17, 15) is 0 Å². The average Bonchev–Trinajstić information content (AvgIpc) is 2.41. The maximum Gasteiger partial charge on any atom is 0.127 e. The van der Waals surface area contributed by atoms with E-state index in [4.69, 9.17) is 4.74 Å². The van der Waals surface area contributed by atoms with Crippen LogP contribution in [-0.4, -0.2) is 12.6 Å². The zero-order valence-electron chi connectivity index (χ0n) is 14.1. The van der Waals surface area contributed by atoms with Crippen LogP contribution in [0.25, 0.3) is 0 Å². The average molecular weight is 289 g/mol. The molecular formula is C19H31NO. The zero-order valence-corrected chi connectivity index (χ0v) is 14.1. The van der Waals surface area contributed by atoms with Gasteiger partial charge in [-0.3, -0.25) is 0 Å². The highest BCUT2D eigenvalue weighted by molar-refractivity contribution is 5.41. The van der Waals surface area contributed by atoms with Crippen LogP contribution in [0.3, 0.4) is 0 Å². The van der Waals surface area contributed by atoms with Gasteiger partial charge in [-0.1, -0.05) is 39.0 Å². The molecule has 1 aliphatic carbocycles. The predicted molar refractivity (Wildman–Crippen MR) is 89.8 cm³/mol. The summed E-state index contributed by atoms with van der Waals surface area (Å²) in [7, 11) is 0. The van der Waals surface area contributed by atoms with Gasteiger partial charge in [-0.25, -0.2) is 0 Å². The van der Waals surface area contributed by atoms with E-state index in [-0.39, 0.29) is 0 Å². The molecule has 1 fully saturated rings. The SMILES string of the molecule is CCCNCc1cccc(C)c1OC1CC(C)CC(C)C1. The summed E-state index contributed by atoms with van der Waals surface area (Å²) in [4.78, 5) is 0. The fraction of sp³-hybridized carbons (Fsp3) is 0.684. The summed E-state index contributed by atoms with van der Waals surface area (Å²) in [6.07, 6.45) is 5.29. The maximum atomic E-state index is 6.45. The Kier molecular flexibility index (Phi) is 6.10. The van der Waals surface area contributed by atoms with Crippen LogP contribution in [-0.2, 0) is 6.54 Å². The first-order valence-electron chi connectivity index (χ1n) is 8.56. The van der Waals surface area contributed by atoms with Crippen molar-refractivity contribution in [2.75, 3.05) is 6.54 Å². The number of hydrogen-bond donors (Lipinski definition) is 1. The summed E-state index contributed by atoms with van der Waals surface area (Å²) in [6, 6.07) is 6.49. The first kappa shape index (κ1) is 16.4. The molecule has 0 radical (unpaired) electrons. The van der Waals surface area contributed by atoms with E-state index in [0.29, 0.717) is 6.10 Å². The third kappa shape index (κ3) is 4.74. The summed E-state index contributed by atoms with van der Waals surface area (Å²) in [6.45, 7) is 11.0. The van der Waals surface area contributed by atoms with Gasteiger partial charge in [-0.15, -0.1) is 0 Å². The molecule has 0 aliphatic heterocycles. The number of ether oxygens (including phenoxy) is 1. The minimum Gasteiger partial charge on any atom is -0.490 e. The number of aryl methyl sites for hydroxylation is 1. The Labute approximate surface area is 130 Å². The highest BCUT2D eigenvalue weighted by Gasteiger charge is 2.26. The lowest BCUT2D eigenvalue weighted by molar-refractivity contribution is 0.0993. The van der Waals surface area contributed by atoms with Crippen molar-refractivity contribution in [2.24, 2.45) is 11.8 Å². The Morgan fingerprint density at radius 3 is 2.52 bits per heavy atom. The number of hydrogen-bond acceptors (Lipinski definition) is 2. The van der Waals surface area contributed by atoms with Gasteiger partial charge in [0, 0.05) is 12.1 Å². The van der Waals surface area contributed by atoms with Crippen LogP contribution < -0.4 is 10.1 Å². The molecule has 2 atom stereocenters. The molecule has 0 saturated heterocycles. The lowest BCUT2D eigenvalue weighted by atomic mass is 9.82. The van der Waals surface area contributed by atoms with Crippen molar-refractivity contribution in [3.8, 4) is 5.75 Å². The lowest BCUT2D eigenvalue weighted by Crippen LogP contribution is -2.29. The molecule has 1 saturated carbocycles. The van der Waals surface area contributed by atoms with E-state index in [1.807, 2.05) is 0 Å². The molecule has 0 spiro atoms. The molecule has 0 amide bonds. The van der Waals surface area contributed by atoms with E-state index in [2.05, 4.69) is 51.2 Å². The van der Waals surface area contributed by atoms with Gasteiger partial charge in [-0.2, -0.15) is 0 Å². The maximum absolute atomic E-state index is 6.45. The first-order valence-corrected chi connectivity index (χ1v) is 8.56. The van der Waals surface area contributed by atoms with Crippen molar-refractivity contribution in [1.29, 1.82) is 0 Å². The Hall–Kier alpha value is -1.02. The summed E-state index contributed by atoms with van der Waals surface area (Å²) >= 11 is 0. The van der Waals surface area contributed by atoms with Crippen molar-refractivity contribution in [1.82, 2.24) is 5.32 Å². The van der Waals surface area contributed by atoms with E-state index in [1.54, 1.807) is 0 Å². The minimum absolute atomic E-state index is 0.384. The Bertz CT molecular complexity index is 433. The molecule has 0 aromatic heterocycles. The van der Waals surface area contributed by atoms with Crippen molar-refractivity contribution in [3.63, 3.8) is 0 Å². The molecule has 1 aromatic carbocycles. The Balaban J connectivity index is 2.07. The second-order valence-electron chi connectivity index (χ2n) is 6.90. The fourth-order valence-electron chi connectivity index (χ4n) is 3.56. The fourth-order valence-corrected chi connectivity index (χ4v) is 3.56. The molecule has 2 unspecified atom stereocenters. The van der Waals surface area contributed by atoms with Gasteiger partial charge < -0.3 is 10.1 Å². The number of benzene rings is 1. The van der Waals surface area contributed by atoms with Gasteiger partial charge in [0.1, 0.15) is 5.75 Å².